The maximum Gasteiger partial charge on any atom is 0.262 e. The van der Waals surface area contributed by atoms with Crippen LogP contribution in [0.3, 0.4) is 0 Å². The van der Waals surface area contributed by atoms with Crippen LogP contribution in [0.5, 0.6) is 23.0 Å². The van der Waals surface area contributed by atoms with E-state index in [1.54, 1.807) is 67.7 Å². The van der Waals surface area contributed by atoms with Crippen LogP contribution in [0.15, 0.2) is 60.7 Å². The first-order chi connectivity index (χ1) is 15.5. The van der Waals surface area contributed by atoms with Crippen LogP contribution in [0.4, 0.5) is 5.69 Å². The molecule has 0 spiro atoms. The summed E-state index contributed by atoms with van der Waals surface area (Å²) in [5.41, 5.74) is 2.26. The quantitative estimate of drug-likeness (QED) is 0.625. The monoisotopic (exact) mass is 432 g/mol. The summed E-state index contributed by atoms with van der Waals surface area (Å²) in [6.45, 7) is 2.59. The molecule has 2 amide bonds. The van der Waals surface area contributed by atoms with Crippen molar-refractivity contribution < 1.29 is 23.8 Å². The molecule has 0 fully saturated rings. The molecule has 0 saturated carbocycles. The van der Waals surface area contributed by atoms with Crippen LogP contribution in [-0.4, -0.2) is 32.6 Å². The summed E-state index contributed by atoms with van der Waals surface area (Å²) in [5.74, 6) is 1.91. The number of amides is 2. The molecule has 3 aromatic carbocycles. The summed E-state index contributed by atoms with van der Waals surface area (Å²) in [7, 11) is 3.16. The molecule has 1 aliphatic heterocycles. The molecule has 0 saturated heterocycles. The van der Waals surface area contributed by atoms with Crippen LogP contribution in [0.2, 0.25) is 0 Å². The topological polar surface area (TPSA) is 77.1 Å². The molecule has 7 heteroatoms. The molecule has 0 bridgehead atoms. The average Bonchev–Trinajstić information content (AvgIpc) is 2.95. The van der Waals surface area contributed by atoms with Gasteiger partial charge in [-0.2, -0.15) is 0 Å². The van der Waals surface area contributed by atoms with Gasteiger partial charge in [-0.15, -0.1) is 0 Å². The lowest BCUT2D eigenvalue weighted by molar-refractivity contribution is 0.0948. The molecule has 0 unspecified atom stereocenters. The molecule has 1 N–H and O–H groups in total. The van der Waals surface area contributed by atoms with Crippen LogP contribution in [0, 0.1) is 0 Å². The number of benzene rings is 3. The molecule has 4 rings (SSSR count). The second kappa shape index (κ2) is 9.01. The summed E-state index contributed by atoms with van der Waals surface area (Å²) in [6, 6.07) is 17.6. The van der Waals surface area contributed by atoms with Crippen LogP contribution < -0.4 is 24.4 Å². The lowest BCUT2D eigenvalue weighted by atomic mass is 10.1. The highest BCUT2D eigenvalue weighted by Gasteiger charge is 2.27. The Morgan fingerprint density at radius 3 is 2.56 bits per heavy atom. The van der Waals surface area contributed by atoms with E-state index in [-0.39, 0.29) is 18.4 Å². The van der Waals surface area contributed by atoms with Crippen LogP contribution in [0.25, 0.3) is 0 Å². The minimum absolute atomic E-state index is 0.166. The SMILES string of the molecule is CCN1C(=O)c2ccccc2Oc2ccc(C(=O)NCc3cc(OC)ccc3OC)cc21. The van der Waals surface area contributed by atoms with Gasteiger partial charge in [0.1, 0.15) is 17.2 Å². The summed E-state index contributed by atoms with van der Waals surface area (Å²) in [5, 5.41) is 2.91. The predicted molar refractivity (Wildman–Crippen MR) is 121 cm³/mol. The van der Waals surface area contributed by atoms with Gasteiger partial charge in [0.15, 0.2) is 5.75 Å². The number of para-hydroxylation sites is 1. The Kier molecular flexibility index (Phi) is 5.98. The number of hydrogen-bond donors (Lipinski definition) is 1. The molecule has 1 heterocycles. The molecule has 7 nitrogen and oxygen atoms in total. The van der Waals surface area contributed by atoms with Crippen molar-refractivity contribution in [1.82, 2.24) is 5.32 Å². The number of rotatable bonds is 6. The normalized spacial score (nSPS) is 12.2. The van der Waals surface area contributed by atoms with Gasteiger partial charge in [-0.25, -0.2) is 0 Å². The van der Waals surface area contributed by atoms with E-state index in [1.165, 1.54) is 0 Å². The van der Waals surface area contributed by atoms with Gasteiger partial charge in [-0.1, -0.05) is 12.1 Å². The summed E-state index contributed by atoms with van der Waals surface area (Å²) in [6.07, 6.45) is 0. The van der Waals surface area contributed by atoms with E-state index in [1.807, 2.05) is 19.1 Å². The maximum absolute atomic E-state index is 13.1. The fourth-order valence-corrected chi connectivity index (χ4v) is 3.67. The molecular formula is C25H24N2O5. The number of nitrogens with one attached hydrogen (secondary N) is 1. The first kappa shape index (κ1) is 21.2. The molecule has 1 aliphatic rings. The summed E-state index contributed by atoms with van der Waals surface area (Å²) >= 11 is 0. The second-order valence-electron chi connectivity index (χ2n) is 7.19. The van der Waals surface area contributed by atoms with E-state index in [0.717, 1.165) is 5.56 Å². The van der Waals surface area contributed by atoms with E-state index in [9.17, 15) is 9.59 Å². The molecule has 3 aromatic rings. The molecule has 0 radical (unpaired) electrons. The molecular weight excluding hydrogens is 408 g/mol. The van der Waals surface area contributed by atoms with Crippen molar-refractivity contribution in [1.29, 1.82) is 0 Å². The number of nitrogens with zero attached hydrogens (tertiary/aromatic N) is 1. The third-order valence-corrected chi connectivity index (χ3v) is 5.34. The highest BCUT2D eigenvalue weighted by molar-refractivity contribution is 6.10. The Morgan fingerprint density at radius 1 is 1.00 bits per heavy atom. The van der Waals surface area contributed by atoms with Crippen molar-refractivity contribution >= 4 is 17.5 Å². The zero-order valence-electron chi connectivity index (χ0n) is 18.2. The Labute approximate surface area is 186 Å². The summed E-state index contributed by atoms with van der Waals surface area (Å²) in [4.78, 5) is 27.6. The fourth-order valence-electron chi connectivity index (χ4n) is 3.67. The van der Waals surface area contributed by atoms with Crippen molar-refractivity contribution in [3.05, 3.63) is 77.4 Å². The largest absolute Gasteiger partial charge is 0.497 e. The van der Waals surface area contributed by atoms with E-state index < -0.39 is 0 Å². The third kappa shape index (κ3) is 3.97. The van der Waals surface area contributed by atoms with Gasteiger partial charge in [0.05, 0.1) is 25.5 Å². The standard InChI is InChI=1S/C25H24N2O5/c1-4-27-20-14-16(9-11-23(20)32-22-8-6-5-7-19(22)25(27)29)24(28)26-15-17-13-18(30-2)10-12-21(17)31-3/h5-14H,4,15H2,1-3H3,(H,26,28). The van der Waals surface area contributed by atoms with Gasteiger partial charge in [0, 0.05) is 24.2 Å². The minimum Gasteiger partial charge on any atom is -0.497 e. The van der Waals surface area contributed by atoms with Gasteiger partial charge in [-0.05, 0) is 55.5 Å². The fraction of sp³-hybridized carbons (Fsp3) is 0.200. The van der Waals surface area contributed by atoms with Crippen molar-refractivity contribution in [2.45, 2.75) is 13.5 Å². The Hall–Kier alpha value is -4.00. The third-order valence-electron chi connectivity index (χ3n) is 5.34. The molecule has 32 heavy (non-hydrogen) atoms. The number of hydrogen-bond acceptors (Lipinski definition) is 5. The Balaban J connectivity index is 1.60. The van der Waals surface area contributed by atoms with Crippen molar-refractivity contribution in [2.75, 3.05) is 25.7 Å². The van der Waals surface area contributed by atoms with Crippen molar-refractivity contribution in [3.63, 3.8) is 0 Å². The number of anilines is 1. The van der Waals surface area contributed by atoms with Crippen LogP contribution >= 0.6 is 0 Å². The maximum atomic E-state index is 13.1. The van der Waals surface area contributed by atoms with Crippen molar-refractivity contribution in [2.24, 2.45) is 0 Å². The molecule has 164 valence electrons. The average molecular weight is 432 g/mol. The molecule has 0 aliphatic carbocycles. The lowest BCUT2D eigenvalue weighted by Crippen LogP contribution is -2.30. The predicted octanol–water partition coefficient (Wildman–Crippen LogP) is 4.41. The smallest absolute Gasteiger partial charge is 0.262 e. The van der Waals surface area contributed by atoms with E-state index in [2.05, 4.69) is 5.32 Å². The van der Waals surface area contributed by atoms with Gasteiger partial charge >= 0.3 is 0 Å². The van der Waals surface area contributed by atoms with Gasteiger partial charge in [0.2, 0.25) is 0 Å². The van der Waals surface area contributed by atoms with Gasteiger partial charge in [-0.3, -0.25) is 9.59 Å². The number of fused-ring (bicyclic) bond motifs is 2. The number of carbonyl (C=O) groups is 2. The lowest BCUT2D eigenvalue weighted by Gasteiger charge is -2.21. The number of carbonyl (C=O) groups excluding carboxylic acids is 2. The van der Waals surface area contributed by atoms with E-state index in [0.29, 0.717) is 46.4 Å². The van der Waals surface area contributed by atoms with Crippen LogP contribution in [-0.2, 0) is 6.54 Å². The van der Waals surface area contributed by atoms with E-state index >= 15 is 0 Å². The van der Waals surface area contributed by atoms with Gasteiger partial charge < -0.3 is 24.4 Å². The second-order valence-corrected chi connectivity index (χ2v) is 7.19. The first-order valence-electron chi connectivity index (χ1n) is 10.3. The zero-order chi connectivity index (χ0) is 22.7. The first-order valence-corrected chi connectivity index (χ1v) is 10.3. The van der Waals surface area contributed by atoms with Crippen LogP contribution in [0.1, 0.15) is 33.2 Å². The van der Waals surface area contributed by atoms with Crippen molar-refractivity contribution in [3.8, 4) is 23.0 Å². The van der Waals surface area contributed by atoms with Gasteiger partial charge in [0.25, 0.3) is 11.8 Å². The Bertz CT molecular complexity index is 1170. The summed E-state index contributed by atoms with van der Waals surface area (Å²) < 4.78 is 16.6. The zero-order valence-corrected chi connectivity index (χ0v) is 18.2. The number of ether oxygens (including phenoxy) is 3. The molecule has 0 aromatic heterocycles. The Morgan fingerprint density at radius 2 is 1.81 bits per heavy atom. The highest BCUT2D eigenvalue weighted by Crippen LogP contribution is 2.39. The highest BCUT2D eigenvalue weighted by atomic mass is 16.5. The molecule has 0 atom stereocenters. The number of methoxy groups -OCH3 is 2. The minimum atomic E-state index is -0.275. The van der Waals surface area contributed by atoms with E-state index in [4.69, 9.17) is 14.2 Å².